The highest BCUT2D eigenvalue weighted by Crippen LogP contribution is 2.35. The number of carbonyl (C=O) groups excluding carboxylic acids is 1. The van der Waals surface area contributed by atoms with Crippen LogP contribution in [0.15, 0.2) is 55.7 Å². The number of carboxylic acid groups (broad SMARTS) is 1. The zero-order valence-electron chi connectivity index (χ0n) is 13.2. The molecule has 0 aliphatic carbocycles. The summed E-state index contributed by atoms with van der Waals surface area (Å²) >= 11 is 0. The van der Waals surface area contributed by atoms with Gasteiger partial charge in [-0.2, -0.15) is 13.2 Å². The van der Waals surface area contributed by atoms with Gasteiger partial charge in [-0.3, -0.25) is 4.79 Å². The molecule has 25 heavy (non-hydrogen) atoms. The minimum atomic E-state index is -4.59. The smallest absolute Gasteiger partial charge is 0.416 e. The van der Waals surface area contributed by atoms with Gasteiger partial charge in [0, 0.05) is 25.2 Å². The summed E-state index contributed by atoms with van der Waals surface area (Å²) in [6, 6.07) is 2.92. The Morgan fingerprint density at radius 3 is 2.24 bits per heavy atom. The Labute approximate surface area is 142 Å². The van der Waals surface area contributed by atoms with E-state index in [2.05, 4.69) is 18.5 Å². The maximum Gasteiger partial charge on any atom is 0.416 e. The normalized spacial score (nSPS) is 11.2. The monoisotopic (exact) mass is 354 g/mol. The quantitative estimate of drug-likeness (QED) is 0.554. The lowest BCUT2D eigenvalue weighted by Crippen LogP contribution is -2.25. The first-order valence-electron chi connectivity index (χ1n) is 7.09. The van der Waals surface area contributed by atoms with E-state index >= 15 is 0 Å². The number of nitrogens with zero attached hydrogens (tertiary/aromatic N) is 1. The van der Waals surface area contributed by atoms with Crippen LogP contribution in [0.25, 0.3) is 0 Å². The van der Waals surface area contributed by atoms with E-state index in [1.807, 2.05) is 0 Å². The molecular formula is C17H17F3N2O3. The summed E-state index contributed by atoms with van der Waals surface area (Å²) in [4.78, 5) is 23.9. The number of hydrogen-bond donors (Lipinski definition) is 2. The number of hydrogen-bond acceptors (Lipinski definition) is 3. The fraction of sp³-hybridized carbons (Fsp3) is 0.176. The average Bonchev–Trinajstić information content (AvgIpc) is 2.52. The number of benzene rings is 1. The van der Waals surface area contributed by atoms with Crippen LogP contribution in [0.2, 0.25) is 0 Å². The van der Waals surface area contributed by atoms with Crippen molar-refractivity contribution < 1.29 is 27.9 Å². The number of alkyl halides is 3. The first-order chi connectivity index (χ1) is 11.7. The highest BCUT2D eigenvalue weighted by atomic mass is 19.4. The number of carbonyl (C=O) groups is 2. The largest absolute Gasteiger partial charge is 0.478 e. The molecule has 2 N–H and O–H groups in total. The van der Waals surface area contributed by atoms with Gasteiger partial charge in [-0.25, -0.2) is 4.79 Å². The van der Waals surface area contributed by atoms with Crippen LogP contribution in [0, 0.1) is 0 Å². The van der Waals surface area contributed by atoms with Crippen LogP contribution in [-0.4, -0.2) is 30.1 Å². The molecule has 0 heterocycles. The van der Waals surface area contributed by atoms with E-state index in [9.17, 15) is 22.8 Å². The van der Waals surface area contributed by atoms with Crippen molar-refractivity contribution in [3.63, 3.8) is 0 Å². The Balaban J connectivity index is 3.30. The van der Waals surface area contributed by atoms with Gasteiger partial charge in [0.15, 0.2) is 0 Å². The van der Waals surface area contributed by atoms with Crippen LogP contribution in [-0.2, 0) is 15.8 Å². The zero-order chi connectivity index (χ0) is 19.0. The average molecular weight is 354 g/mol. The summed E-state index contributed by atoms with van der Waals surface area (Å²) in [5, 5.41) is 10.8. The Kier molecular flexibility index (Phi) is 6.98. The van der Waals surface area contributed by atoms with E-state index in [4.69, 9.17) is 5.11 Å². The van der Waals surface area contributed by atoms with E-state index in [1.165, 1.54) is 6.07 Å². The molecule has 0 saturated carbocycles. The van der Waals surface area contributed by atoms with Gasteiger partial charge in [-0.15, -0.1) is 13.2 Å². The van der Waals surface area contributed by atoms with Gasteiger partial charge in [0.2, 0.25) is 5.91 Å². The third kappa shape index (κ3) is 6.17. The summed E-state index contributed by atoms with van der Waals surface area (Å²) in [5.41, 5.74) is -0.714. The fourth-order valence-corrected chi connectivity index (χ4v) is 1.99. The standard InChI is InChI=1S/C17H17F3N2O3/c1-3-9-22(10-4-2)14-6-5-12(17(18,19)20)11-13(14)21-15(23)7-8-16(24)25/h3-8,11H,1-2,9-10H2,(H,21,23)(H,24,25)/b8-7-. The van der Waals surface area contributed by atoms with E-state index in [0.717, 1.165) is 18.2 Å². The van der Waals surface area contributed by atoms with Gasteiger partial charge in [0.25, 0.3) is 0 Å². The molecule has 5 nitrogen and oxygen atoms in total. The van der Waals surface area contributed by atoms with E-state index in [0.29, 0.717) is 24.9 Å². The number of rotatable bonds is 8. The van der Waals surface area contributed by atoms with Gasteiger partial charge in [0.1, 0.15) is 0 Å². The Bertz CT molecular complexity index is 687. The van der Waals surface area contributed by atoms with E-state index in [1.54, 1.807) is 17.1 Å². The van der Waals surface area contributed by atoms with Crippen LogP contribution in [0.4, 0.5) is 24.5 Å². The van der Waals surface area contributed by atoms with Gasteiger partial charge >= 0.3 is 12.1 Å². The molecule has 0 radical (unpaired) electrons. The molecular weight excluding hydrogens is 337 g/mol. The minimum Gasteiger partial charge on any atom is -0.478 e. The maximum atomic E-state index is 12.9. The summed E-state index contributed by atoms with van der Waals surface area (Å²) < 4.78 is 38.8. The van der Waals surface area contributed by atoms with Crippen LogP contribution in [0.5, 0.6) is 0 Å². The number of carboxylic acids is 1. The summed E-state index contributed by atoms with van der Waals surface area (Å²) in [5.74, 6) is -2.21. The second kappa shape index (κ2) is 8.72. The molecule has 0 saturated heterocycles. The fourth-order valence-electron chi connectivity index (χ4n) is 1.99. The Morgan fingerprint density at radius 2 is 1.76 bits per heavy atom. The van der Waals surface area contributed by atoms with E-state index < -0.39 is 23.6 Å². The minimum absolute atomic E-state index is 0.0986. The Morgan fingerprint density at radius 1 is 1.16 bits per heavy atom. The molecule has 0 aliphatic rings. The molecule has 0 unspecified atom stereocenters. The second-order valence-corrected chi connectivity index (χ2v) is 4.87. The number of anilines is 2. The Hall–Kier alpha value is -3.03. The third-order valence-electron chi connectivity index (χ3n) is 3.00. The molecule has 1 aromatic rings. The van der Waals surface area contributed by atoms with Crippen molar-refractivity contribution >= 4 is 23.3 Å². The van der Waals surface area contributed by atoms with Gasteiger partial charge in [-0.05, 0) is 18.2 Å². The van der Waals surface area contributed by atoms with Crippen LogP contribution >= 0.6 is 0 Å². The molecule has 0 fully saturated rings. The lowest BCUT2D eigenvalue weighted by molar-refractivity contribution is -0.137. The number of amides is 1. The van der Waals surface area contributed by atoms with Crippen molar-refractivity contribution in [1.82, 2.24) is 0 Å². The zero-order valence-corrected chi connectivity index (χ0v) is 13.2. The van der Waals surface area contributed by atoms with Crippen molar-refractivity contribution in [1.29, 1.82) is 0 Å². The van der Waals surface area contributed by atoms with Crippen molar-refractivity contribution in [3.05, 3.63) is 61.2 Å². The summed E-state index contributed by atoms with van der Waals surface area (Å²) in [7, 11) is 0. The predicted molar refractivity (Wildman–Crippen MR) is 89.5 cm³/mol. The first-order valence-corrected chi connectivity index (χ1v) is 7.09. The SMILES string of the molecule is C=CCN(CC=C)c1ccc(C(F)(F)F)cc1NC(=O)/C=C\C(=O)O. The predicted octanol–water partition coefficient (Wildman–Crippen LogP) is 3.46. The number of halogens is 3. The molecule has 134 valence electrons. The molecule has 1 aromatic carbocycles. The highest BCUT2D eigenvalue weighted by molar-refractivity contribution is 6.04. The topological polar surface area (TPSA) is 69.6 Å². The molecule has 8 heteroatoms. The van der Waals surface area contributed by atoms with Gasteiger partial charge in [-0.1, -0.05) is 12.2 Å². The lowest BCUT2D eigenvalue weighted by Gasteiger charge is -2.25. The lowest BCUT2D eigenvalue weighted by atomic mass is 10.1. The molecule has 1 amide bonds. The molecule has 1 rings (SSSR count). The second-order valence-electron chi connectivity index (χ2n) is 4.87. The highest BCUT2D eigenvalue weighted by Gasteiger charge is 2.31. The van der Waals surface area contributed by atoms with Crippen molar-refractivity contribution in [2.75, 3.05) is 23.3 Å². The third-order valence-corrected chi connectivity index (χ3v) is 3.00. The number of aliphatic carboxylic acids is 1. The molecule has 0 aromatic heterocycles. The molecule has 0 aliphatic heterocycles. The van der Waals surface area contributed by atoms with Gasteiger partial charge < -0.3 is 15.3 Å². The van der Waals surface area contributed by atoms with Crippen LogP contribution in [0.3, 0.4) is 0 Å². The summed E-state index contributed by atoms with van der Waals surface area (Å²) in [6.07, 6.45) is -0.170. The van der Waals surface area contributed by atoms with Crippen LogP contribution in [0.1, 0.15) is 5.56 Å². The van der Waals surface area contributed by atoms with Crippen molar-refractivity contribution in [3.8, 4) is 0 Å². The molecule has 0 bridgehead atoms. The van der Waals surface area contributed by atoms with Gasteiger partial charge in [0.05, 0.1) is 16.9 Å². The van der Waals surface area contributed by atoms with Crippen molar-refractivity contribution in [2.45, 2.75) is 6.18 Å². The maximum absolute atomic E-state index is 12.9. The molecule has 0 atom stereocenters. The number of nitrogens with one attached hydrogen (secondary N) is 1. The van der Waals surface area contributed by atoms with Crippen LogP contribution < -0.4 is 10.2 Å². The summed E-state index contributed by atoms with van der Waals surface area (Å²) in [6.45, 7) is 7.79. The molecule has 0 spiro atoms. The van der Waals surface area contributed by atoms with Crippen molar-refractivity contribution in [2.24, 2.45) is 0 Å². The first kappa shape index (κ1) is 20.0. The van der Waals surface area contributed by atoms with E-state index in [-0.39, 0.29) is 5.69 Å².